The summed E-state index contributed by atoms with van der Waals surface area (Å²) in [4.78, 5) is 39.7. The maximum Gasteiger partial charge on any atom is 0.332 e. The highest BCUT2D eigenvalue weighted by molar-refractivity contribution is 5.81. The minimum Gasteiger partial charge on any atom is -0.363 e. The standard InChI is InChI=1S/C20H28N4O4/c25-17(15-6-7-15)22-9-8-20(12-22)13-23-16(11-28-20)21-24(19(27)18(23)26)10-14-4-2-1-3-5-14/h14-15H,1-13H2/t20-/m1/s1. The number of ether oxygens (including phenoxy) is 1. The molecule has 2 saturated carbocycles. The summed E-state index contributed by atoms with van der Waals surface area (Å²) in [5, 5.41) is 4.48. The number of fused-ring (bicyclic) bond motifs is 1. The largest absolute Gasteiger partial charge is 0.363 e. The van der Waals surface area contributed by atoms with Crippen molar-refractivity contribution in [1.82, 2.24) is 19.2 Å². The van der Waals surface area contributed by atoms with Crippen molar-refractivity contribution in [3.63, 3.8) is 0 Å². The average molecular weight is 388 g/mol. The van der Waals surface area contributed by atoms with Crippen molar-refractivity contribution in [3.8, 4) is 0 Å². The maximum absolute atomic E-state index is 12.8. The molecule has 152 valence electrons. The van der Waals surface area contributed by atoms with Crippen LogP contribution in [0.3, 0.4) is 0 Å². The Morgan fingerprint density at radius 3 is 2.61 bits per heavy atom. The summed E-state index contributed by atoms with van der Waals surface area (Å²) in [7, 11) is 0. The summed E-state index contributed by atoms with van der Waals surface area (Å²) in [6.07, 6.45) is 8.47. The molecular weight excluding hydrogens is 360 g/mol. The molecule has 1 spiro atoms. The third kappa shape index (κ3) is 3.21. The van der Waals surface area contributed by atoms with Crippen molar-refractivity contribution in [2.24, 2.45) is 11.8 Å². The number of hydrogen-bond acceptors (Lipinski definition) is 5. The molecule has 8 heteroatoms. The molecule has 3 fully saturated rings. The van der Waals surface area contributed by atoms with Crippen LogP contribution >= 0.6 is 0 Å². The first-order chi connectivity index (χ1) is 13.5. The molecule has 0 aromatic carbocycles. The molecule has 1 saturated heterocycles. The van der Waals surface area contributed by atoms with E-state index in [4.69, 9.17) is 4.74 Å². The van der Waals surface area contributed by atoms with Crippen LogP contribution in [0, 0.1) is 11.8 Å². The van der Waals surface area contributed by atoms with Gasteiger partial charge < -0.3 is 9.64 Å². The van der Waals surface area contributed by atoms with E-state index in [1.165, 1.54) is 28.5 Å². The third-order valence-electron chi connectivity index (χ3n) is 6.87. The maximum atomic E-state index is 12.8. The van der Waals surface area contributed by atoms with Gasteiger partial charge in [-0.25, -0.2) is 4.68 Å². The SMILES string of the molecule is O=C(C1CC1)N1CC[C@@]2(C1)Cn1c(nn(CC3CCCCC3)c(=O)c1=O)CO2. The Hall–Kier alpha value is -1.96. The number of likely N-dealkylation sites (tertiary alicyclic amines) is 1. The summed E-state index contributed by atoms with van der Waals surface area (Å²) >= 11 is 0. The van der Waals surface area contributed by atoms with Gasteiger partial charge in [-0.1, -0.05) is 19.3 Å². The van der Waals surface area contributed by atoms with Crippen molar-refractivity contribution in [3.05, 3.63) is 26.5 Å². The topological polar surface area (TPSA) is 86.4 Å². The van der Waals surface area contributed by atoms with Crippen molar-refractivity contribution in [1.29, 1.82) is 0 Å². The van der Waals surface area contributed by atoms with Crippen LogP contribution in [0.2, 0.25) is 0 Å². The van der Waals surface area contributed by atoms with Gasteiger partial charge in [0.15, 0.2) is 5.82 Å². The van der Waals surface area contributed by atoms with E-state index >= 15 is 0 Å². The Morgan fingerprint density at radius 2 is 1.86 bits per heavy atom. The third-order valence-corrected chi connectivity index (χ3v) is 6.87. The summed E-state index contributed by atoms with van der Waals surface area (Å²) in [6.45, 7) is 2.20. The van der Waals surface area contributed by atoms with Crippen LogP contribution in [0.5, 0.6) is 0 Å². The predicted octanol–water partition coefficient (Wildman–Crippen LogP) is 0.897. The lowest BCUT2D eigenvalue weighted by Gasteiger charge is -2.35. The zero-order chi connectivity index (χ0) is 19.3. The summed E-state index contributed by atoms with van der Waals surface area (Å²) in [5.74, 6) is 1.34. The van der Waals surface area contributed by atoms with Crippen LogP contribution in [0.4, 0.5) is 0 Å². The van der Waals surface area contributed by atoms with Gasteiger partial charge in [-0.2, -0.15) is 5.10 Å². The van der Waals surface area contributed by atoms with Crippen molar-refractivity contribution in [2.75, 3.05) is 13.1 Å². The Labute approximate surface area is 163 Å². The van der Waals surface area contributed by atoms with Crippen LogP contribution < -0.4 is 11.1 Å². The molecule has 2 aliphatic heterocycles. The zero-order valence-corrected chi connectivity index (χ0v) is 16.3. The Balaban J connectivity index is 1.36. The van der Waals surface area contributed by atoms with Gasteiger partial charge in [-0.05, 0) is 38.0 Å². The molecule has 28 heavy (non-hydrogen) atoms. The highest BCUT2D eigenvalue weighted by atomic mass is 16.5. The van der Waals surface area contributed by atoms with Crippen molar-refractivity contribution >= 4 is 5.91 Å². The van der Waals surface area contributed by atoms with E-state index in [0.717, 1.165) is 25.7 Å². The number of amides is 1. The van der Waals surface area contributed by atoms with E-state index in [9.17, 15) is 14.4 Å². The van der Waals surface area contributed by atoms with Crippen molar-refractivity contribution in [2.45, 2.75) is 76.7 Å². The number of carbonyl (C=O) groups is 1. The van der Waals surface area contributed by atoms with E-state index < -0.39 is 16.7 Å². The first kappa shape index (κ1) is 18.1. The van der Waals surface area contributed by atoms with Crippen LogP contribution in [0.15, 0.2) is 9.59 Å². The summed E-state index contributed by atoms with van der Waals surface area (Å²) in [5.41, 5.74) is -1.60. The smallest absolute Gasteiger partial charge is 0.332 e. The van der Waals surface area contributed by atoms with Crippen molar-refractivity contribution < 1.29 is 9.53 Å². The lowest BCUT2D eigenvalue weighted by atomic mass is 9.89. The van der Waals surface area contributed by atoms with Crippen LogP contribution in [-0.2, 0) is 29.2 Å². The fourth-order valence-electron chi connectivity index (χ4n) is 5.01. The molecule has 3 heterocycles. The summed E-state index contributed by atoms with van der Waals surface area (Å²) < 4.78 is 9.00. The van der Waals surface area contributed by atoms with Gasteiger partial charge >= 0.3 is 11.1 Å². The number of nitrogens with zero attached hydrogens (tertiary/aromatic N) is 4. The first-order valence-electron chi connectivity index (χ1n) is 10.7. The number of hydrogen-bond donors (Lipinski definition) is 0. The van der Waals surface area contributed by atoms with Gasteiger partial charge in [0, 0.05) is 19.0 Å². The lowest BCUT2D eigenvalue weighted by molar-refractivity contribution is -0.134. The number of aromatic nitrogens is 3. The molecule has 2 aliphatic carbocycles. The van der Waals surface area contributed by atoms with Gasteiger partial charge in [0.2, 0.25) is 5.91 Å². The van der Waals surface area contributed by atoms with E-state index in [0.29, 0.717) is 44.3 Å². The van der Waals surface area contributed by atoms with Crippen LogP contribution in [0.1, 0.15) is 57.2 Å². The highest BCUT2D eigenvalue weighted by Crippen LogP contribution is 2.36. The first-order valence-corrected chi connectivity index (χ1v) is 10.7. The fraction of sp³-hybridized carbons (Fsp3) is 0.800. The van der Waals surface area contributed by atoms with Gasteiger partial charge in [0.1, 0.15) is 12.2 Å². The average Bonchev–Trinajstić information content (AvgIpc) is 3.49. The predicted molar refractivity (Wildman–Crippen MR) is 101 cm³/mol. The Kier molecular flexibility index (Phi) is 4.41. The molecule has 1 aromatic heterocycles. The second-order valence-electron chi connectivity index (χ2n) is 9.05. The minimum absolute atomic E-state index is 0.183. The minimum atomic E-state index is -0.564. The van der Waals surface area contributed by atoms with Crippen LogP contribution in [-0.4, -0.2) is 43.8 Å². The zero-order valence-electron chi connectivity index (χ0n) is 16.3. The second-order valence-corrected chi connectivity index (χ2v) is 9.05. The molecule has 0 radical (unpaired) electrons. The highest BCUT2D eigenvalue weighted by Gasteiger charge is 2.46. The molecule has 0 unspecified atom stereocenters. The van der Waals surface area contributed by atoms with Gasteiger partial charge in [0.05, 0.1) is 13.1 Å². The molecule has 0 N–H and O–H groups in total. The van der Waals surface area contributed by atoms with E-state index in [1.54, 1.807) is 0 Å². The molecule has 1 atom stereocenters. The molecule has 0 bridgehead atoms. The van der Waals surface area contributed by atoms with Gasteiger partial charge in [-0.15, -0.1) is 0 Å². The van der Waals surface area contributed by atoms with Gasteiger partial charge in [0.25, 0.3) is 0 Å². The molecule has 5 rings (SSSR count). The molecule has 4 aliphatic rings. The second kappa shape index (κ2) is 6.83. The molecular formula is C20H28N4O4. The fourth-order valence-corrected chi connectivity index (χ4v) is 5.01. The molecule has 1 aromatic rings. The number of rotatable bonds is 3. The molecule has 8 nitrogen and oxygen atoms in total. The van der Waals surface area contributed by atoms with E-state index in [-0.39, 0.29) is 18.4 Å². The van der Waals surface area contributed by atoms with Gasteiger partial charge in [-0.3, -0.25) is 19.0 Å². The normalized spacial score (nSPS) is 27.9. The van der Waals surface area contributed by atoms with E-state index in [1.807, 2.05) is 4.90 Å². The Morgan fingerprint density at radius 1 is 1.07 bits per heavy atom. The summed E-state index contributed by atoms with van der Waals surface area (Å²) in [6, 6.07) is 0. The monoisotopic (exact) mass is 388 g/mol. The van der Waals surface area contributed by atoms with Crippen LogP contribution in [0.25, 0.3) is 0 Å². The lowest BCUT2D eigenvalue weighted by Crippen LogP contribution is -2.53. The Bertz CT molecular complexity index is 896. The quantitative estimate of drug-likeness (QED) is 0.718. The van der Waals surface area contributed by atoms with E-state index in [2.05, 4.69) is 5.10 Å². The number of carbonyl (C=O) groups excluding carboxylic acids is 1. The molecule has 1 amide bonds.